The molecule has 2 atom stereocenters. The van der Waals surface area contributed by atoms with E-state index in [2.05, 4.69) is 33.3 Å². The summed E-state index contributed by atoms with van der Waals surface area (Å²) in [6.45, 7) is 2.71. The maximum Gasteiger partial charge on any atom is 0.416 e. The third-order valence-corrected chi connectivity index (χ3v) is 10.4. The number of amides is 1. The van der Waals surface area contributed by atoms with Gasteiger partial charge in [-0.15, -0.1) is 0 Å². The van der Waals surface area contributed by atoms with Crippen LogP contribution in [0.15, 0.2) is 78.8 Å². The molecule has 2 aromatic carbocycles. The Kier molecular flexibility index (Phi) is 8.71. The summed E-state index contributed by atoms with van der Waals surface area (Å²) in [4.78, 5) is 22.5. The molecule has 2 fully saturated rings. The van der Waals surface area contributed by atoms with Gasteiger partial charge < -0.3 is 14.0 Å². The van der Waals surface area contributed by atoms with E-state index in [1.807, 2.05) is 42.7 Å². The van der Waals surface area contributed by atoms with Gasteiger partial charge in [0.25, 0.3) is 5.91 Å². The molecule has 2 aromatic heterocycles. The number of imidazole rings is 1. The summed E-state index contributed by atoms with van der Waals surface area (Å²) >= 11 is 0. The number of piperidine rings is 2. The van der Waals surface area contributed by atoms with Crippen LogP contribution in [0.5, 0.6) is 0 Å². The zero-order chi connectivity index (χ0) is 34.5. The molecule has 1 amide bonds. The van der Waals surface area contributed by atoms with E-state index in [9.17, 15) is 31.1 Å². The van der Waals surface area contributed by atoms with Crippen LogP contribution in [0.25, 0.3) is 5.57 Å². The molecule has 0 unspecified atom stereocenters. The highest BCUT2D eigenvalue weighted by molar-refractivity contribution is 5.95. The third kappa shape index (κ3) is 6.67. The van der Waals surface area contributed by atoms with Gasteiger partial charge in [0, 0.05) is 92.7 Å². The highest BCUT2D eigenvalue weighted by Gasteiger charge is 2.40. The minimum Gasteiger partial charge on any atom is -0.354 e. The van der Waals surface area contributed by atoms with Gasteiger partial charge in [0.2, 0.25) is 0 Å². The second kappa shape index (κ2) is 12.9. The predicted molar refractivity (Wildman–Crippen MR) is 173 cm³/mol. The van der Waals surface area contributed by atoms with E-state index in [-0.39, 0.29) is 18.7 Å². The Morgan fingerprint density at radius 2 is 1.55 bits per heavy atom. The molecule has 258 valence electrons. The number of fused-ring (bicyclic) bond motifs is 2. The molecule has 2 saturated heterocycles. The number of aryl methyl sites for hydroxylation is 2. The van der Waals surface area contributed by atoms with Crippen molar-refractivity contribution in [3.8, 4) is 0 Å². The second-order valence-electron chi connectivity index (χ2n) is 13.3. The number of alkyl halides is 6. The van der Waals surface area contributed by atoms with Crippen LogP contribution in [-0.2, 0) is 38.8 Å². The van der Waals surface area contributed by atoms with Crippen molar-refractivity contribution in [1.29, 1.82) is 0 Å². The molecule has 5 heterocycles. The largest absolute Gasteiger partial charge is 0.416 e. The minimum atomic E-state index is -5.03. The first-order chi connectivity index (χ1) is 23.4. The van der Waals surface area contributed by atoms with Crippen molar-refractivity contribution in [2.45, 2.75) is 69.5 Å². The highest BCUT2D eigenvalue weighted by atomic mass is 19.4. The molecule has 0 radical (unpaired) electrons. The summed E-state index contributed by atoms with van der Waals surface area (Å²) in [6.07, 6.45) is 0.107. The number of halogens is 6. The van der Waals surface area contributed by atoms with Gasteiger partial charge in [-0.1, -0.05) is 35.9 Å². The number of likely N-dealkylation sites (tertiary alicyclic amines) is 2. The van der Waals surface area contributed by atoms with Crippen LogP contribution < -0.4 is 0 Å². The fourth-order valence-corrected chi connectivity index (χ4v) is 7.88. The molecule has 0 spiro atoms. The van der Waals surface area contributed by atoms with E-state index in [4.69, 9.17) is 4.98 Å². The molecule has 0 saturated carbocycles. The average Bonchev–Trinajstić information content (AvgIpc) is 3.65. The lowest BCUT2D eigenvalue weighted by atomic mass is 9.87. The number of nitrogens with zero attached hydrogens (tertiary/aromatic N) is 5. The lowest BCUT2D eigenvalue weighted by Crippen LogP contribution is -2.53. The van der Waals surface area contributed by atoms with Crippen molar-refractivity contribution in [1.82, 2.24) is 23.9 Å². The Hall–Kier alpha value is -4.32. The van der Waals surface area contributed by atoms with Crippen molar-refractivity contribution in [2.24, 2.45) is 7.05 Å². The Morgan fingerprint density at radius 1 is 0.857 bits per heavy atom. The van der Waals surface area contributed by atoms with Gasteiger partial charge in [-0.05, 0) is 61.9 Å². The summed E-state index contributed by atoms with van der Waals surface area (Å²) < 4.78 is 86.3. The van der Waals surface area contributed by atoms with Crippen LogP contribution in [-0.4, -0.2) is 61.5 Å². The van der Waals surface area contributed by atoms with Gasteiger partial charge in [-0.3, -0.25) is 9.69 Å². The van der Waals surface area contributed by atoms with Gasteiger partial charge in [-0.25, -0.2) is 4.98 Å². The van der Waals surface area contributed by atoms with E-state index in [0.29, 0.717) is 31.4 Å². The quantitative estimate of drug-likeness (QED) is 0.208. The molecule has 0 N–H and O–H groups in total. The number of hydrogen-bond acceptors (Lipinski definition) is 3. The molecule has 12 heteroatoms. The van der Waals surface area contributed by atoms with E-state index < -0.39 is 41.0 Å². The molecule has 3 aliphatic rings. The zero-order valence-corrected chi connectivity index (χ0v) is 27.1. The third-order valence-electron chi connectivity index (χ3n) is 10.4. The number of benzene rings is 2. The lowest BCUT2D eigenvalue weighted by Gasteiger charge is -2.45. The van der Waals surface area contributed by atoms with Crippen LogP contribution in [0.2, 0.25) is 0 Å². The SMILES string of the molecule is Cn1ccc2c1CCn1ccnc1C2=C1CCN([C@@H]2CCN(C(=O)c3cc(C(F)(F)F)cc(C(F)(F)F)c3)[C@@H](Cc3ccccc3)C2)CC1. The second-order valence-corrected chi connectivity index (χ2v) is 13.3. The van der Waals surface area contributed by atoms with Crippen LogP contribution in [0.4, 0.5) is 26.3 Å². The topological polar surface area (TPSA) is 46.3 Å². The lowest BCUT2D eigenvalue weighted by molar-refractivity contribution is -0.143. The molecule has 6 nitrogen and oxygen atoms in total. The fourth-order valence-electron chi connectivity index (χ4n) is 7.88. The van der Waals surface area contributed by atoms with Gasteiger partial charge in [-0.2, -0.15) is 26.3 Å². The smallest absolute Gasteiger partial charge is 0.354 e. The van der Waals surface area contributed by atoms with Gasteiger partial charge in [0.05, 0.1) is 11.1 Å². The van der Waals surface area contributed by atoms with E-state index in [1.165, 1.54) is 27.3 Å². The van der Waals surface area contributed by atoms with Crippen LogP contribution in [0, 0.1) is 0 Å². The van der Waals surface area contributed by atoms with Crippen molar-refractivity contribution < 1.29 is 31.1 Å². The average molecular weight is 682 g/mol. The molecule has 3 aliphatic heterocycles. The van der Waals surface area contributed by atoms with Gasteiger partial charge >= 0.3 is 12.4 Å². The molecule has 4 aromatic rings. The Balaban J connectivity index is 1.14. The Morgan fingerprint density at radius 3 is 2.22 bits per heavy atom. The summed E-state index contributed by atoms with van der Waals surface area (Å²) in [5, 5.41) is 0. The van der Waals surface area contributed by atoms with E-state index in [1.54, 1.807) is 0 Å². The first-order valence-electron chi connectivity index (χ1n) is 16.6. The first kappa shape index (κ1) is 33.2. The summed E-state index contributed by atoms with van der Waals surface area (Å²) in [7, 11) is 2.07. The number of rotatable bonds is 4. The molecule has 7 rings (SSSR count). The molecular formula is C37H37F6N5O. The van der Waals surface area contributed by atoms with E-state index in [0.717, 1.165) is 50.3 Å². The monoisotopic (exact) mass is 681 g/mol. The summed E-state index contributed by atoms with van der Waals surface area (Å²) in [5.41, 5.74) is 2.45. The number of carbonyl (C=O) groups is 1. The van der Waals surface area contributed by atoms with Gasteiger partial charge in [0.1, 0.15) is 5.82 Å². The molecular weight excluding hydrogens is 644 g/mol. The first-order valence-corrected chi connectivity index (χ1v) is 16.6. The molecule has 0 aliphatic carbocycles. The van der Waals surface area contributed by atoms with Crippen molar-refractivity contribution in [3.05, 3.63) is 118 Å². The van der Waals surface area contributed by atoms with Crippen LogP contribution in [0.1, 0.15) is 69.8 Å². The van der Waals surface area contributed by atoms with E-state index >= 15 is 0 Å². The van der Waals surface area contributed by atoms with Crippen molar-refractivity contribution >= 4 is 11.5 Å². The zero-order valence-electron chi connectivity index (χ0n) is 27.1. The Bertz CT molecular complexity index is 1830. The van der Waals surface area contributed by atoms with Crippen molar-refractivity contribution in [2.75, 3.05) is 19.6 Å². The van der Waals surface area contributed by atoms with Crippen molar-refractivity contribution in [3.63, 3.8) is 0 Å². The molecule has 0 bridgehead atoms. The Labute approximate surface area is 280 Å². The fraction of sp³-hybridized carbons (Fsp3) is 0.405. The normalized spacial score (nSPS) is 20.6. The van der Waals surface area contributed by atoms with Gasteiger partial charge in [0.15, 0.2) is 0 Å². The predicted octanol–water partition coefficient (Wildman–Crippen LogP) is 7.63. The maximum absolute atomic E-state index is 13.8. The van der Waals surface area contributed by atoms with Crippen LogP contribution in [0.3, 0.4) is 0 Å². The number of hydrogen-bond donors (Lipinski definition) is 0. The minimum absolute atomic E-state index is 0.0609. The highest BCUT2D eigenvalue weighted by Crippen LogP contribution is 2.39. The standard InChI is InChI=1S/C37H37F6N5O/c1-45-13-10-31-32(45)11-16-47-18-12-44-34(47)33(31)25-7-14-46(15-8-25)29-9-17-48(30(23-29)19-24-5-3-2-4-6-24)35(49)26-20-27(36(38,39)40)22-28(21-26)37(41,42)43/h2-6,10,12-13,18,20-22,29-30H,7-9,11,14-17,19,23H2,1H3/t29-,30+/m1/s1. The number of carbonyl (C=O) groups excluding carboxylic acids is 1. The summed E-state index contributed by atoms with van der Waals surface area (Å²) in [5.74, 6) is 0.176. The van der Waals surface area contributed by atoms with Crippen LogP contribution >= 0.6 is 0 Å². The molecule has 49 heavy (non-hydrogen) atoms. The summed E-state index contributed by atoms with van der Waals surface area (Å²) in [6, 6.07) is 12.5. The number of aromatic nitrogens is 3. The maximum atomic E-state index is 13.8.